The summed E-state index contributed by atoms with van der Waals surface area (Å²) in [5, 5.41) is 22.7. The second-order valence-electron chi connectivity index (χ2n) is 5.30. The highest BCUT2D eigenvalue weighted by atomic mass is 16.3. The van der Waals surface area contributed by atoms with Gasteiger partial charge in [-0.3, -0.25) is 9.58 Å². The lowest BCUT2D eigenvalue weighted by Gasteiger charge is -2.22. The third kappa shape index (κ3) is 4.30. The average Bonchev–Trinajstić information content (AvgIpc) is 2.89. The molecule has 2 rings (SSSR count). The van der Waals surface area contributed by atoms with Gasteiger partial charge in [-0.1, -0.05) is 19.3 Å². The Balaban J connectivity index is 1.91. The van der Waals surface area contributed by atoms with E-state index in [-0.39, 0.29) is 13.2 Å². The second kappa shape index (κ2) is 7.62. The summed E-state index contributed by atoms with van der Waals surface area (Å²) in [6, 6.07) is 2.61. The third-order valence-electron chi connectivity index (χ3n) is 3.83. The maximum Gasteiger partial charge on any atom is 0.0764 e. The summed E-state index contributed by atoms with van der Waals surface area (Å²) in [6.45, 7) is 2.08. The van der Waals surface area contributed by atoms with Gasteiger partial charge in [0.1, 0.15) is 0 Å². The Bertz CT molecular complexity index is 355. The number of aliphatic hydroxyl groups excluding tert-OH is 2. The van der Waals surface area contributed by atoms with Gasteiger partial charge in [-0.05, 0) is 18.9 Å². The predicted molar refractivity (Wildman–Crippen MR) is 73.8 cm³/mol. The highest BCUT2D eigenvalue weighted by Gasteiger charge is 2.16. The Morgan fingerprint density at radius 2 is 1.84 bits per heavy atom. The zero-order chi connectivity index (χ0) is 13.5. The second-order valence-corrected chi connectivity index (χ2v) is 5.30. The minimum absolute atomic E-state index is 0.114. The molecule has 0 unspecified atom stereocenters. The Morgan fingerprint density at radius 3 is 2.47 bits per heavy atom. The van der Waals surface area contributed by atoms with E-state index in [4.69, 9.17) is 10.2 Å². The topological polar surface area (TPSA) is 61.5 Å². The van der Waals surface area contributed by atoms with Crippen LogP contribution in [0.15, 0.2) is 12.3 Å². The van der Waals surface area contributed by atoms with Gasteiger partial charge in [0.2, 0.25) is 0 Å². The fraction of sp³-hybridized carbons (Fsp3) is 0.786. The van der Waals surface area contributed by atoms with Crippen LogP contribution < -0.4 is 0 Å². The predicted octanol–water partition coefficient (Wildman–Crippen LogP) is 1.17. The lowest BCUT2D eigenvalue weighted by atomic mass is 9.96. The third-order valence-corrected chi connectivity index (χ3v) is 3.83. The molecule has 2 N–H and O–H groups in total. The molecule has 1 aliphatic rings. The van der Waals surface area contributed by atoms with E-state index < -0.39 is 0 Å². The SMILES string of the molecule is OCCN(CCO)Cc1ccn(C2CCCCC2)n1. The lowest BCUT2D eigenvalue weighted by molar-refractivity contribution is 0.154. The molecule has 0 spiro atoms. The van der Waals surface area contributed by atoms with Crippen molar-refractivity contribution in [1.29, 1.82) is 0 Å². The molecule has 108 valence electrons. The molecule has 0 saturated heterocycles. The van der Waals surface area contributed by atoms with Crippen LogP contribution in [0.5, 0.6) is 0 Å². The number of hydrogen-bond acceptors (Lipinski definition) is 4. The van der Waals surface area contributed by atoms with Crippen molar-refractivity contribution < 1.29 is 10.2 Å². The summed E-state index contributed by atoms with van der Waals surface area (Å²) < 4.78 is 2.10. The van der Waals surface area contributed by atoms with Gasteiger partial charge in [0, 0.05) is 25.8 Å². The van der Waals surface area contributed by atoms with Crippen molar-refractivity contribution in [2.45, 2.75) is 44.7 Å². The maximum absolute atomic E-state index is 9.00. The molecule has 0 radical (unpaired) electrons. The monoisotopic (exact) mass is 267 g/mol. The van der Waals surface area contributed by atoms with E-state index in [9.17, 15) is 0 Å². The van der Waals surface area contributed by atoms with Crippen LogP contribution >= 0.6 is 0 Å². The van der Waals surface area contributed by atoms with Gasteiger partial charge in [-0.25, -0.2) is 0 Å². The molecule has 19 heavy (non-hydrogen) atoms. The van der Waals surface area contributed by atoms with Crippen LogP contribution in [-0.2, 0) is 6.54 Å². The quantitative estimate of drug-likeness (QED) is 0.778. The zero-order valence-electron chi connectivity index (χ0n) is 11.5. The Kier molecular flexibility index (Phi) is 5.82. The van der Waals surface area contributed by atoms with Crippen LogP contribution in [0.1, 0.15) is 43.8 Å². The first-order valence-electron chi connectivity index (χ1n) is 7.31. The Hall–Kier alpha value is -0.910. The molecule has 5 nitrogen and oxygen atoms in total. The standard InChI is InChI=1S/C14H25N3O2/c18-10-8-16(9-11-19)12-13-6-7-17(15-13)14-4-2-1-3-5-14/h6-7,14,18-19H,1-5,8-12H2. The van der Waals surface area contributed by atoms with Crippen LogP contribution in [0.25, 0.3) is 0 Å². The zero-order valence-corrected chi connectivity index (χ0v) is 11.5. The molecule has 0 aromatic carbocycles. The first-order valence-corrected chi connectivity index (χ1v) is 7.31. The van der Waals surface area contributed by atoms with Crippen LogP contribution in [0.4, 0.5) is 0 Å². The van der Waals surface area contributed by atoms with Gasteiger partial charge in [0.05, 0.1) is 24.9 Å². The summed E-state index contributed by atoms with van der Waals surface area (Å²) in [5.41, 5.74) is 1.02. The van der Waals surface area contributed by atoms with E-state index in [1.54, 1.807) is 0 Å². The number of hydrogen-bond donors (Lipinski definition) is 2. The van der Waals surface area contributed by atoms with E-state index in [2.05, 4.69) is 22.0 Å². The number of aliphatic hydroxyl groups is 2. The van der Waals surface area contributed by atoms with Crippen molar-refractivity contribution in [2.75, 3.05) is 26.3 Å². The minimum Gasteiger partial charge on any atom is -0.395 e. The van der Waals surface area contributed by atoms with E-state index in [1.165, 1.54) is 32.1 Å². The van der Waals surface area contributed by atoms with E-state index in [0.717, 1.165) is 5.69 Å². The smallest absolute Gasteiger partial charge is 0.0764 e. The van der Waals surface area contributed by atoms with Gasteiger partial charge < -0.3 is 10.2 Å². The van der Waals surface area contributed by atoms with Crippen molar-refractivity contribution >= 4 is 0 Å². The molecule has 1 aromatic rings. The fourth-order valence-electron chi connectivity index (χ4n) is 2.79. The van der Waals surface area contributed by atoms with E-state index in [0.29, 0.717) is 25.7 Å². The Morgan fingerprint density at radius 1 is 1.16 bits per heavy atom. The molecule has 5 heteroatoms. The average molecular weight is 267 g/mol. The van der Waals surface area contributed by atoms with Gasteiger partial charge in [-0.15, -0.1) is 0 Å². The number of nitrogens with zero attached hydrogens (tertiary/aromatic N) is 3. The highest BCUT2D eigenvalue weighted by Crippen LogP contribution is 2.27. The summed E-state index contributed by atoms with van der Waals surface area (Å²) >= 11 is 0. The molecule has 1 aliphatic carbocycles. The molecule has 1 heterocycles. The van der Waals surface area contributed by atoms with Crippen LogP contribution in [0.3, 0.4) is 0 Å². The number of rotatable bonds is 7. The van der Waals surface area contributed by atoms with Crippen LogP contribution in [0, 0.1) is 0 Å². The Labute approximate surface area is 114 Å². The van der Waals surface area contributed by atoms with Gasteiger partial charge in [-0.2, -0.15) is 5.10 Å². The number of aromatic nitrogens is 2. The van der Waals surface area contributed by atoms with E-state index >= 15 is 0 Å². The van der Waals surface area contributed by atoms with Crippen molar-refractivity contribution in [1.82, 2.24) is 14.7 Å². The summed E-state index contributed by atoms with van der Waals surface area (Å²) in [4.78, 5) is 2.02. The minimum atomic E-state index is 0.114. The molecule has 1 fully saturated rings. The van der Waals surface area contributed by atoms with Crippen LogP contribution in [-0.4, -0.2) is 51.2 Å². The lowest BCUT2D eigenvalue weighted by Crippen LogP contribution is -2.29. The van der Waals surface area contributed by atoms with E-state index in [1.807, 2.05) is 4.90 Å². The summed E-state index contributed by atoms with van der Waals surface area (Å²) in [7, 11) is 0. The molecule has 0 bridgehead atoms. The van der Waals surface area contributed by atoms with Crippen molar-refractivity contribution in [3.63, 3.8) is 0 Å². The van der Waals surface area contributed by atoms with Crippen molar-refractivity contribution in [3.8, 4) is 0 Å². The van der Waals surface area contributed by atoms with Gasteiger partial charge in [0.25, 0.3) is 0 Å². The molecular weight excluding hydrogens is 242 g/mol. The highest BCUT2D eigenvalue weighted by molar-refractivity contribution is 5.00. The molecule has 0 atom stereocenters. The summed E-state index contributed by atoms with van der Waals surface area (Å²) in [5.74, 6) is 0. The molecule has 0 amide bonds. The van der Waals surface area contributed by atoms with Crippen LogP contribution in [0.2, 0.25) is 0 Å². The molecular formula is C14H25N3O2. The normalized spacial score (nSPS) is 17.2. The first-order chi connectivity index (χ1) is 9.33. The van der Waals surface area contributed by atoms with Gasteiger partial charge in [0.15, 0.2) is 0 Å². The van der Waals surface area contributed by atoms with Crippen molar-refractivity contribution in [3.05, 3.63) is 18.0 Å². The first kappa shape index (κ1) is 14.5. The molecule has 1 saturated carbocycles. The summed E-state index contributed by atoms with van der Waals surface area (Å²) in [6.07, 6.45) is 8.51. The van der Waals surface area contributed by atoms with Gasteiger partial charge >= 0.3 is 0 Å². The van der Waals surface area contributed by atoms with Crippen molar-refractivity contribution in [2.24, 2.45) is 0 Å². The fourth-order valence-corrected chi connectivity index (χ4v) is 2.79. The largest absolute Gasteiger partial charge is 0.395 e. The maximum atomic E-state index is 9.00. The molecule has 1 aromatic heterocycles. The molecule has 0 aliphatic heterocycles.